The first-order chi connectivity index (χ1) is 7.20. The second-order valence-electron chi connectivity index (χ2n) is 4.09. The van der Waals surface area contributed by atoms with Crippen molar-refractivity contribution in [2.24, 2.45) is 11.3 Å². The van der Waals surface area contributed by atoms with E-state index in [1.807, 2.05) is 13.8 Å². The Morgan fingerprint density at radius 2 is 1.81 bits per heavy atom. The van der Waals surface area contributed by atoms with E-state index in [4.69, 9.17) is 15.0 Å². The van der Waals surface area contributed by atoms with Crippen molar-refractivity contribution in [3.8, 4) is 0 Å². The van der Waals surface area contributed by atoms with Crippen molar-refractivity contribution in [1.82, 2.24) is 0 Å². The molecule has 1 unspecified atom stereocenters. The summed E-state index contributed by atoms with van der Waals surface area (Å²) >= 11 is 0. The van der Waals surface area contributed by atoms with Crippen molar-refractivity contribution >= 4 is 12.1 Å². The second-order valence-corrected chi connectivity index (χ2v) is 4.09. The van der Waals surface area contributed by atoms with Gasteiger partial charge in [0.25, 0.3) is 0 Å². The zero-order chi connectivity index (χ0) is 12.9. The third-order valence-electron chi connectivity index (χ3n) is 2.32. The molecule has 0 aromatic carbocycles. The van der Waals surface area contributed by atoms with Gasteiger partial charge in [0.1, 0.15) is 0 Å². The molecule has 0 heterocycles. The normalized spacial score (nSPS) is 21.5. The molecule has 1 aliphatic rings. The van der Waals surface area contributed by atoms with E-state index < -0.39 is 18.0 Å². The first-order valence-electron chi connectivity index (χ1n) is 4.58. The smallest absolute Gasteiger partial charge is 0.464 e. The van der Waals surface area contributed by atoms with E-state index >= 15 is 0 Å². The van der Waals surface area contributed by atoms with Crippen LogP contribution < -0.4 is 0 Å². The molecule has 16 heavy (non-hydrogen) atoms. The lowest BCUT2D eigenvalue weighted by Crippen LogP contribution is -2.01. The number of carboxylic acid groups (broad SMARTS) is 2. The minimum atomic E-state index is -1.83. The molecular formula is C10H15FO5. The standard InChI is InChI=1S/C9H13FO2.CH2O3/c1-9(2)5-6(9)4-7(10)8(11)12-3;2-1(3)4/h4,6H,5H2,1-3H3;(H2,2,3,4). The molecule has 0 amide bonds. The Labute approximate surface area is 92.5 Å². The Morgan fingerprint density at radius 3 is 2.06 bits per heavy atom. The van der Waals surface area contributed by atoms with E-state index in [1.165, 1.54) is 13.2 Å². The van der Waals surface area contributed by atoms with Gasteiger partial charge < -0.3 is 14.9 Å². The van der Waals surface area contributed by atoms with Crippen LogP contribution in [0.2, 0.25) is 0 Å². The zero-order valence-electron chi connectivity index (χ0n) is 9.36. The topological polar surface area (TPSA) is 83.8 Å². The van der Waals surface area contributed by atoms with Crippen LogP contribution in [0.15, 0.2) is 11.9 Å². The second kappa shape index (κ2) is 5.48. The van der Waals surface area contributed by atoms with E-state index in [-0.39, 0.29) is 11.3 Å². The molecule has 6 heteroatoms. The lowest BCUT2D eigenvalue weighted by Gasteiger charge is -1.97. The molecule has 1 rings (SSSR count). The third kappa shape index (κ3) is 5.33. The summed E-state index contributed by atoms with van der Waals surface area (Å²) in [7, 11) is 1.17. The summed E-state index contributed by atoms with van der Waals surface area (Å²) in [5.74, 6) is -1.46. The van der Waals surface area contributed by atoms with Gasteiger partial charge in [-0.3, -0.25) is 0 Å². The Hall–Kier alpha value is -1.59. The monoisotopic (exact) mass is 234 g/mol. The summed E-state index contributed by atoms with van der Waals surface area (Å²) in [6.45, 7) is 4.08. The van der Waals surface area contributed by atoms with Crippen LogP contribution in [0.1, 0.15) is 20.3 Å². The third-order valence-corrected chi connectivity index (χ3v) is 2.32. The molecule has 0 radical (unpaired) electrons. The molecule has 5 nitrogen and oxygen atoms in total. The number of halogens is 1. The average Bonchev–Trinajstić information content (AvgIpc) is 2.71. The number of hydrogen-bond donors (Lipinski definition) is 2. The van der Waals surface area contributed by atoms with Crippen LogP contribution in [0.3, 0.4) is 0 Å². The number of ether oxygens (including phenoxy) is 1. The van der Waals surface area contributed by atoms with Crippen LogP contribution in [-0.4, -0.2) is 29.4 Å². The number of carbonyl (C=O) groups excluding carboxylic acids is 1. The van der Waals surface area contributed by atoms with Crippen LogP contribution in [0.25, 0.3) is 0 Å². The van der Waals surface area contributed by atoms with E-state index in [1.54, 1.807) is 0 Å². The summed E-state index contributed by atoms with van der Waals surface area (Å²) < 4.78 is 17.0. The van der Waals surface area contributed by atoms with Gasteiger partial charge in [-0.2, -0.15) is 4.39 Å². The van der Waals surface area contributed by atoms with Crippen LogP contribution >= 0.6 is 0 Å². The summed E-state index contributed by atoms with van der Waals surface area (Å²) in [5, 5.41) is 13.9. The number of hydrogen-bond acceptors (Lipinski definition) is 3. The lowest BCUT2D eigenvalue weighted by atomic mass is 10.1. The van der Waals surface area contributed by atoms with Gasteiger partial charge in [-0.15, -0.1) is 0 Å². The van der Waals surface area contributed by atoms with E-state index in [9.17, 15) is 9.18 Å². The maximum Gasteiger partial charge on any atom is 0.503 e. The summed E-state index contributed by atoms with van der Waals surface area (Å²) in [6.07, 6.45) is 0.462. The summed E-state index contributed by atoms with van der Waals surface area (Å²) in [4.78, 5) is 19.2. The Kier molecular flexibility index (Phi) is 4.94. The quantitative estimate of drug-likeness (QED) is 0.565. The van der Waals surface area contributed by atoms with Gasteiger partial charge in [0.05, 0.1) is 7.11 Å². The predicted molar refractivity (Wildman–Crippen MR) is 53.7 cm³/mol. The molecule has 1 aliphatic carbocycles. The van der Waals surface area contributed by atoms with Crippen LogP contribution in [0.5, 0.6) is 0 Å². The maximum absolute atomic E-state index is 12.8. The van der Waals surface area contributed by atoms with Crippen molar-refractivity contribution in [2.45, 2.75) is 20.3 Å². The first-order valence-corrected chi connectivity index (χ1v) is 4.58. The van der Waals surface area contributed by atoms with Crippen LogP contribution in [0.4, 0.5) is 9.18 Å². The molecule has 1 atom stereocenters. The van der Waals surface area contributed by atoms with Crippen molar-refractivity contribution in [3.63, 3.8) is 0 Å². The fourth-order valence-electron chi connectivity index (χ4n) is 1.13. The van der Waals surface area contributed by atoms with Gasteiger partial charge in [0.2, 0.25) is 5.83 Å². The maximum atomic E-state index is 12.8. The largest absolute Gasteiger partial charge is 0.503 e. The highest BCUT2D eigenvalue weighted by atomic mass is 19.1. The number of allylic oxidation sites excluding steroid dienone is 1. The Morgan fingerprint density at radius 1 is 1.44 bits per heavy atom. The first kappa shape index (κ1) is 14.4. The van der Waals surface area contributed by atoms with Crippen LogP contribution in [0, 0.1) is 11.3 Å². The van der Waals surface area contributed by atoms with Crippen molar-refractivity contribution < 1.29 is 28.9 Å². The molecule has 0 saturated heterocycles. The minimum absolute atomic E-state index is 0.158. The number of esters is 1. The SMILES string of the molecule is COC(=O)C(F)=CC1CC1(C)C.O=C(O)O. The predicted octanol–water partition coefficient (Wildman–Crippen LogP) is 2.28. The molecule has 2 N–H and O–H groups in total. The molecule has 1 saturated carbocycles. The molecule has 0 aromatic heterocycles. The van der Waals surface area contributed by atoms with Gasteiger partial charge in [-0.05, 0) is 23.8 Å². The van der Waals surface area contributed by atoms with Gasteiger partial charge in [0, 0.05) is 0 Å². The van der Waals surface area contributed by atoms with Crippen molar-refractivity contribution in [1.29, 1.82) is 0 Å². The molecule has 0 spiro atoms. The molecule has 92 valence electrons. The summed E-state index contributed by atoms with van der Waals surface area (Å²) in [5.41, 5.74) is 0.158. The minimum Gasteiger partial charge on any atom is -0.464 e. The number of methoxy groups -OCH3 is 1. The molecule has 0 bridgehead atoms. The Bertz CT molecular complexity index is 304. The number of rotatable bonds is 2. The van der Waals surface area contributed by atoms with Gasteiger partial charge >= 0.3 is 12.1 Å². The summed E-state index contributed by atoms with van der Waals surface area (Å²) in [6, 6.07) is 0. The fraction of sp³-hybridized carbons (Fsp3) is 0.600. The number of carbonyl (C=O) groups is 2. The van der Waals surface area contributed by atoms with E-state index in [2.05, 4.69) is 4.74 Å². The van der Waals surface area contributed by atoms with Gasteiger partial charge in [0.15, 0.2) is 0 Å². The molecular weight excluding hydrogens is 219 g/mol. The average molecular weight is 234 g/mol. The van der Waals surface area contributed by atoms with Crippen LogP contribution in [-0.2, 0) is 9.53 Å². The van der Waals surface area contributed by atoms with Gasteiger partial charge in [-0.1, -0.05) is 13.8 Å². The molecule has 1 fully saturated rings. The van der Waals surface area contributed by atoms with E-state index in [0.29, 0.717) is 0 Å². The Balaban J connectivity index is 0.000000487. The van der Waals surface area contributed by atoms with Crippen molar-refractivity contribution in [2.75, 3.05) is 7.11 Å². The lowest BCUT2D eigenvalue weighted by molar-refractivity contribution is -0.137. The fourth-order valence-corrected chi connectivity index (χ4v) is 1.13. The van der Waals surface area contributed by atoms with E-state index in [0.717, 1.165) is 6.42 Å². The highest BCUT2D eigenvalue weighted by molar-refractivity contribution is 5.85. The molecule has 0 aliphatic heterocycles. The van der Waals surface area contributed by atoms with Gasteiger partial charge in [-0.25, -0.2) is 9.59 Å². The van der Waals surface area contributed by atoms with Crippen molar-refractivity contribution in [3.05, 3.63) is 11.9 Å². The zero-order valence-corrected chi connectivity index (χ0v) is 9.36. The highest BCUT2D eigenvalue weighted by Gasteiger charge is 2.44. The highest BCUT2D eigenvalue weighted by Crippen LogP contribution is 2.52. The molecule has 0 aromatic rings.